The van der Waals surface area contributed by atoms with Gasteiger partial charge in [0, 0.05) is 5.56 Å². The lowest BCUT2D eigenvalue weighted by Gasteiger charge is -2.04. The molecule has 0 aliphatic heterocycles. The highest BCUT2D eigenvalue weighted by Gasteiger charge is 2.13. The van der Waals surface area contributed by atoms with E-state index in [1.807, 2.05) is 24.3 Å². The molecule has 0 radical (unpaired) electrons. The van der Waals surface area contributed by atoms with E-state index in [4.69, 9.17) is 22.7 Å². The Hall–Kier alpha value is -1.46. The number of rotatable bonds is 6. The van der Waals surface area contributed by atoms with Crippen LogP contribution < -0.4 is 10.5 Å². The first-order chi connectivity index (χ1) is 9.65. The van der Waals surface area contributed by atoms with Crippen molar-refractivity contribution in [1.29, 1.82) is 0 Å². The van der Waals surface area contributed by atoms with Crippen molar-refractivity contribution in [2.75, 3.05) is 6.61 Å². The second-order valence-electron chi connectivity index (χ2n) is 4.39. The number of ether oxygens (including phenoxy) is 1. The maximum absolute atomic E-state index is 5.74. The molecule has 0 spiro atoms. The quantitative estimate of drug-likeness (QED) is 0.825. The summed E-state index contributed by atoms with van der Waals surface area (Å²) in [6.07, 6.45) is 1.84. The number of aryl methyl sites for hydroxylation is 1. The first kappa shape index (κ1) is 14.9. The molecule has 0 atom stereocenters. The van der Waals surface area contributed by atoms with E-state index in [9.17, 15) is 0 Å². The molecule has 0 fully saturated rings. The van der Waals surface area contributed by atoms with Crippen LogP contribution in [0, 0.1) is 0 Å². The Kier molecular flexibility index (Phi) is 5.09. The van der Waals surface area contributed by atoms with Crippen LogP contribution in [0.3, 0.4) is 0 Å². The molecule has 0 amide bonds. The van der Waals surface area contributed by atoms with Crippen LogP contribution in [0.25, 0.3) is 10.6 Å². The molecule has 2 N–H and O–H groups in total. The van der Waals surface area contributed by atoms with Gasteiger partial charge in [-0.25, -0.2) is 4.98 Å². The van der Waals surface area contributed by atoms with Crippen LogP contribution in [0.4, 0.5) is 0 Å². The first-order valence-electron chi connectivity index (χ1n) is 6.68. The van der Waals surface area contributed by atoms with Crippen molar-refractivity contribution in [3.63, 3.8) is 0 Å². The monoisotopic (exact) mass is 306 g/mol. The van der Waals surface area contributed by atoms with Gasteiger partial charge in [0.1, 0.15) is 15.7 Å². The number of benzene rings is 1. The Balaban J connectivity index is 2.25. The van der Waals surface area contributed by atoms with Crippen LogP contribution in [-0.4, -0.2) is 16.6 Å². The molecule has 1 aromatic carbocycles. The van der Waals surface area contributed by atoms with Gasteiger partial charge in [-0.2, -0.15) is 0 Å². The van der Waals surface area contributed by atoms with Gasteiger partial charge < -0.3 is 10.5 Å². The van der Waals surface area contributed by atoms with E-state index in [-0.39, 0.29) is 0 Å². The number of thiazole rings is 1. The summed E-state index contributed by atoms with van der Waals surface area (Å²) in [7, 11) is 0. The first-order valence-corrected chi connectivity index (χ1v) is 7.90. The highest BCUT2D eigenvalue weighted by atomic mass is 32.1. The fourth-order valence-corrected chi connectivity index (χ4v) is 3.08. The van der Waals surface area contributed by atoms with E-state index < -0.39 is 0 Å². The summed E-state index contributed by atoms with van der Waals surface area (Å²) in [6.45, 7) is 4.89. The second kappa shape index (κ2) is 6.81. The predicted molar refractivity (Wildman–Crippen MR) is 88.6 cm³/mol. The van der Waals surface area contributed by atoms with Gasteiger partial charge in [0.05, 0.1) is 17.2 Å². The van der Waals surface area contributed by atoms with Crippen molar-refractivity contribution in [2.24, 2.45) is 5.73 Å². The maximum Gasteiger partial charge on any atom is 0.124 e. The molecule has 0 unspecified atom stereocenters. The minimum Gasteiger partial charge on any atom is -0.494 e. The van der Waals surface area contributed by atoms with Gasteiger partial charge >= 0.3 is 0 Å². The molecule has 0 bridgehead atoms. The molecular formula is C15H18N2OS2. The van der Waals surface area contributed by atoms with Crippen molar-refractivity contribution >= 4 is 28.5 Å². The molecule has 0 aliphatic rings. The van der Waals surface area contributed by atoms with Gasteiger partial charge in [0.2, 0.25) is 0 Å². The number of hydrogen-bond donors (Lipinski definition) is 1. The third kappa shape index (κ3) is 3.35. The van der Waals surface area contributed by atoms with Crippen molar-refractivity contribution in [3.8, 4) is 16.3 Å². The number of aromatic nitrogens is 1. The van der Waals surface area contributed by atoms with Crippen molar-refractivity contribution in [2.45, 2.75) is 26.7 Å². The van der Waals surface area contributed by atoms with Crippen molar-refractivity contribution in [1.82, 2.24) is 4.98 Å². The Morgan fingerprint density at radius 1 is 1.30 bits per heavy atom. The minimum absolute atomic E-state index is 0.425. The van der Waals surface area contributed by atoms with Gasteiger partial charge in [-0.15, -0.1) is 11.3 Å². The number of hydrogen-bond acceptors (Lipinski definition) is 4. The lowest BCUT2D eigenvalue weighted by Crippen LogP contribution is -2.09. The summed E-state index contributed by atoms with van der Waals surface area (Å²) in [5.41, 5.74) is 7.78. The fourth-order valence-electron chi connectivity index (χ4n) is 1.82. The molecule has 2 aromatic rings. The summed E-state index contributed by atoms with van der Waals surface area (Å²) in [5, 5.41) is 0.951. The second-order valence-corrected chi connectivity index (χ2v) is 5.82. The molecule has 1 heterocycles. The van der Waals surface area contributed by atoms with Gasteiger partial charge in [0.25, 0.3) is 0 Å². The highest BCUT2D eigenvalue weighted by Crippen LogP contribution is 2.29. The van der Waals surface area contributed by atoms with E-state index in [2.05, 4.69) is 18.8 Å². The Bertz CT molecular complexity index is 590. The summed E-state index contributed by atoms with van der Waals surface area (Å²) < 4.78 is 5.58. The van der Waals surface area contributed by atoms with Crippen LogP contribution in [0.1, 0.15) is 30.8 Å². The van der Waals surface area contributed by atoms with Crippen LogP contribution in [0.2, 0.25) is 0 Å². The van der Waals surface area contributed by atoms with Crippen LogP contribution in [0.5, 0.6) is 5.75 Å². The summed E-state index contributed by atoms with van der Waals surface area (Å²) in [4.78, 5) is 5.97. The largest absolute Gasteiger partial charge is 0.494 e. The molecule has 5 heteroatoms. The highest BCUT2D eigenvalue weighted by molar-refractivity contribution is 7.81. The van der Waals surface area contributed by atoms with Gasteiger partial charge in [-0.05, 0) is 37.1 Å². The maximum atomic E-state index is 5.74. The molecule has 20 heavy (non-hydrogen) atoms. The van der Waals surface area contributed by atoms with Crippen LogP contribution in [0.15, 0.2) is 24.3 Å². The fraction of sp³-hybridized carbons (Fsp3) is 0.333. The number of nitrogens with two attached hydrogens (primary N) is 1. The SMILES string of the molecule is CCCOc1ccc(-c2nc(CC)c(C(N)=S)s2)cc1. The Morgan fingerprint density at radius 2 is 2.00 bits per heavy atom. The van der Waals surface area contributed by atoms with E-state index >= 15 is 0 Å². The molecule has 1 aromatic heterocycles. The van der Waals surface area contributed by atoms with Crippen LogP contribution in [-0.2, 0) is 6.42 Å². The Morgan fingerprint density at radius 3 is 2.50 bits per heavy atom. The molecule has 0 aliphatic carbocycles. The zero-order valence-corrected chi connectivity index (χ0v) is 13.3. The Labute approximate surface area is 128 Å². The standard InChI is InChI=1S/C15H18N2OS2/c1-3-9-18-11-7-5-10(6-8-11)15-17-12(4-2)13(20-15)14(16)19/h5-8H,3-4,9H2,1-2H3,(H2,16,19). The van der Waals surface area contributed by atoms with Crippen molar-refractivity contribution < 1.29 is 4.74 Å². The lowest BCUT2D eigenvalue weighted by molar-refractivity contribution is 0.317. The average molecular weight is 306 g/mol. The van der Waals surface area contributed by atoms with Gasteiger partial charge in [0.15, 0.2) is 0 Å². The summed E-state index contributed by atoms with van der Waals surface area (Å²) in [5.74, 6) is 0.887. The smallest absolute Gasteiger partial charge is 0.124 e. The normalized spacial score (nSPS) is 10.5. The van der Waals surface area contributed by atoms with Gasteiger partial charge in [-0.3, -0.25) is 0 Å². The lowest BCUT2D eigenvalue weighted by atomic mass is 10.2. The molecule has 0 saturated carbocycles. The van der Waals surface area contributed by atoms with E-state index in [1.165, 1.54) is 0 Å². The topological polar surface area (TPSA) is 48.1 Å². The molecule has 0 saturated heterocycles. The third-order valence-electron chi connectivity index (χ3n) is 2.83. The van der Waals surface area contributed by atoms with E-state index in [0.29, 0.717) is 4.99 Å². The molecule has 106 valence electrons. The van der Waals surface area contributed by atoms with E-state index in [0.717, 1.165) is 46.3 Å². The average Bonchev–Trinajstić information content (AvgIpc) is 2.90. The summed E-state index contributed by atoms with van der Waals surface area (Å²) in [6, 6.07) is 7.98. The zero-order valence-electron chi connectivity index (χ0n) is 11.7. The van der Waals surface area contributed by atoms with E-state index in [1.54, 1.807) is 11.3 Å². The number of thiocarbonyl (C=S) groups is 1. The zero-order chi connectivity index (χ0) is 14.5. The van der Waals surface area contributed by atoms with Crippen LogP contribution >= 0.6 is 23.6 Å². The number of nitrogens with zero attached hydrogens (tertiary/aromatic N) is 1. The molecular weight excluding hydrogens is 288 g/mol. The molecule has 3 nitrogen and oxygen atoms in total. The summed E-state index contributed by atoms with van der Waals surface area (Å²) >= 11 is 6.63. The van der Waals surface area contributed by atoms with Crippen molar-refractivity contribution in [3.05, 3.63) is 34.8 Å². The minimum atomic E-state index is 0.425. The third-order valence-corrected chi connectivity index (χ3v) is 4.34. The predicted octanol–water partition coefficient (Wildman–Crippen LogP) is 3.80. The van der Waals surface area contributed by atoms with Gasteiger partial charge in [-0.1, -0.05) is 26.1 Å². The molecule has 2 rings (SSSR count).